The summed E-state index contributed by atoms with van der Waals surface area (Å²) >= 11 is 0. The van der Waals surface area contributed by atoms with Gasteiger partial charge in [-0.3, -0.25) is 11.3 Å². The topological polar surface area (TPSA) is 50.1 Å². The Bertz CT molecular complexity index is 235. The van der Waals surface area contributed by atoms with Crippen LogP contribution in [0, 0.1) is 0 Å². The van der Waals surface area contributed by atoms with Crippen LogP contribution in [0.3, 0.4) is 0 Å². The summed E-state index contributed by atoms with van der Waals surface area (Å²) in [5.74, 6) is 5.34. The molecule has 4 N–H and O–H groups in total. The first kappa shape index (κ1) is 10.0. The minimum Gasteiger partial charge on any atom is -0.381 e. The van der Waals surface area contributed by atoms with Gasteiger partial charge in [0.2, 0.25) is 0 Å². The molecule has 0 aliphatic rings. The lowest BCUT2D eigenvalue weighted by molar-refractivity contribution is 0.513. The van der Waals surface area contributed by atoms with Gasteiger partial charge in [0, 0.05) is 17.8 Å². The van der Waals surface area contributed by atoms with Gasteiger partial charge in [-0.1, -0.05) is 18.2 Å². The molecule has 0 aromatic heterocycles. The number of nitrogens with two attached hydrogens (primary N) is 1. The van der Waals surface area contributed by atoms with Gasteiger partial charge in [-0.25, -0.2) is 0 Å². The van der Waals surface area contributed by atoms with Crippen molar-refractivity contribution in [1.82, 2.24) is 5.43 Å². The van der Waals surface area contributed by atoms with Crippen LogP contribution in [0.2, 0.25) is 0 Å². The van der Waals surface area contributed by atoms with E-state index in [2.05, 4.69) is 17.7 Å². The molecule has 0 aliphatic heterocycles. The van der Waals surface area contributed by atoms with Crippen molar-refractivity contribution < 1.29 is 0 Å². The van der Waals surface area contributed by atoms with Crippen molar-refractivity contribution in [2.24, 2.45) is 5.84 Å². The van der Waals surface area contributed by atoms with Crippen LogP contribution in [0.1, 0.15) is 13.8 Å². The predicted molar refractivity (Wildman–Crippen MR) is 56.3 cm³/mol. The highest BCUT2D eigenvalue weighted by Gasteiger charge is 2.08. The van der Waals surface area contributed by atoms with E-state index in [1.54, 1.807) is 0 Å². The predicted octanol–water partition coefficient (Wildman–Crippen LogP) is 1.34. The molecule has 0 amide bonds. The zero-order valence-electron chi connectivity index (χ0n) is 8.12. The molecule has 1 aromatic carbocycles. The van der Waals surface area contributed by atoms with Gasteiger partial charge in [0.1, 0.15) is 0 Å². The Balaban J connectivity index is 2.50. The summed E-state index contributed by atoms with van der Waals surface area (Å²) in [6.45, 7) is 4.14. The van der Waals surface area contributed by atoms with Crippen LogP contribution in [0.25, 0.3) is 0 Å². The third-order valence-corrected chi connectivity index (χ3v) is 2.18. The zero-order valence-corrected chi connectivity index (χ0v) is 8.12. The Morgan fingerprint density at radius 1 is 1.08 bits per heavy atom. The van der Waals surface area contributed by atoms with Crippen LogP contribution >= 0.6 is 0 Å². The van der Waals surface area contributed by atoms with Crippen molar-refractivity contribution in [3.8, 4) is 0 Å². The summed E-state index contributed by atoms with van der Waals surface area (Å²) < 4.78 is 0. The molecule has 0 heterocycles. The van der Waals surface area contributed by atoms with Crippen molar-refractivity contribution in [3.05, 3.63) is 30.3 Å². The minimum absolute atomic E-state index is 0.250. The van der Waals surface area contributed by atoms with E-state index in [9.17, 15) is 0 Å². The van der Waals surface area contributed by atoms with Crippen molar-refractivity contribution in [3.63, 3.8) is 0 Å². The fourth-order valence-corrected chi connectivity index (χ4v) is 1.07. The molecule has 0 saturated carbocycles. The average molecular weight is 179 g/mol. The normalized spacial score (nSPS) is 15.0. The summed E-state index contributed by atoms with van der Waals surface area (Å²) in [4.78, 5) is 0. The quantitative estimate of drug-likeness (QED) is 0.483. The SMILES string of the molecule is CC(NN)C(C)Nc1ccccc1. The molecule has 0 aliphatic carbocycles. The van der Waals surface area contributed by atoms with E-state index in [1.165, 1.54) is 0 Å². The lowest BCUT2D eigenvalue weighted by Crippen LogP contribution is -2.43. The Morgan fingerprint density at radius 2 is 1.69 bits per heavy atom. The molecular formula is C10H17N3. The second-order valence-corrected chi connectivity index (χ2v) is 3.25. The van der Waals surface area contributed by atoms with E-state index >= 15 is 0 Å². The molecule has 0 fully saturated rings. The Morgan fingerprint density at radius 3 is 2.23 bits per heavy atom. The molecule has 2 atom stereocenters. The number of anilines is 1. The summed E-state index contributed by atoms with van der Waals surface area (Å²) in [5, 5.41) is 3.35. The van der Waals surface area contributed by atoms with E-state index in [-0.39, 0.29) is 6.04 Å². The van der Waals surface area contributed by atoms with Gasteiger partial charge in [0.25, 0.3) is 0 Å². The maximum absolute atomic E-state index is 5.34. The summed E-state index contributed by atoms with van der Waals surface area (Å²) in [6, 6.07) is 10.7. The van der Waals surface area contributed by atoms with Crippen LogP contribution in [-0.2, 0) is 0 Å². The van der Waals surface area contributed by atoms with Crippen LogP contribution in [0.5, 0.6) is 0 Å². The first-order chi connectivity index (χ1) is 6.24. The smallest absolute Gasteiger partial charge is 0.0397 e. The van der Waals surface area contributed by atoms with Crippen LogP contribution in [-0.4, -0.2) is 12.1 Å². The maximum atomic E-state index is 5.34. The molecule has 0 bridgehead atoms. The molecule has 72 valence electrons. The van der Waals surface area contributed by atoms with Crippen molar-refractivity contribution >= 4 is 5.69 Å². The zero-order chi connectivity index (χ0) is 9.68. The van der Waals surface area contributed by atoms with Gasteiger partial charge in [-0.2, -0.15) is 0 Å². The molecule has 0 radical (unpaired) electrons. The number of rotatable bonds is 4. The Labute approximate surface area is 79.3 Å². The average Bonchev–Trinajstić information content (AvgIpc) is 2.18. The van der Waals surface area contributed by atoms with Crippen LogP contribution in [0.15, 0.2) is 30.3 Å². The summed E-state index contributed by atoms with van der Waals surface area (Å²) in [5.41, 5.74) is 3.84. The van der Waals surface area contributed by atoms with E-state index in [4.69, 9.17) is 5.84 Å². The Hall–Kier alpha value is -1.06. The number of hydrogen-bond donors (Lipinski definition) is 3. The van der Waals surface area contributed by atoms with Gasteiger partial charge in [0.05, 0.1) is 0 Å². The van der Waals surface area contributed by atoms with E-state index in [0.29, 0.717) is 6.04 Å². The minimum atomic E-state index is 0.250. The van der Waals surface area contributed by atoms with Crippen molar-refractivity contribution in [2.45, 2.75) is 25.9 Å². The van der Waals surface area contributed by atoms with Gasteiger partial charge in [0.15, 0.2) is 0 Å². The molecule has 1 aromatic rings. The second-order valence-electron chi connectivity index (χ2n) is 3.25. The van der Waals surface area contributed by atoms with E-state index in [0.717, 1.165) is 5.69 Å². The summed E-state index contributed by atoms with van der Waals surface area (Å²) in [7, 11) is 0. The lowest BCUT2D eigenvalue weighted by atomic mass is 10.1. The molecule has 3 nitrogen and oxygen atoms in total. The third-order valence-electron chi connectivity index (χ3n) is 2.18. The number of benzene rings is 1. The molecule has 0 spiro atoms. The van der Waals surface area contributed by atoms with Gasteiger partial charge in [-0.15, -0.1) is 0 Å². The highest BCUT2D eigenvalue weighted by Crippen LogP contribution is 2.08. The molecule has 2 unspecified atom stereocenters. The first-order valence-electron chi connectivity index (χ1n) is 4.51. The standard InChI is InChI=1S/C10H17N3/c1-8(9(2)13-11)12-10-6-4-3-5-7-10/h3-9,12-13H,11H2,1-2H3. The van der Waals surface area contributed by atoms with Crippen molar-refractivity contribution in [2.75, 3.05) is 5.32 Å². The summed E-state index contributed by atoms with van der Waals surface area (Å²) in [6.07, 6.45) is 0. The number of hydrogen-bond acceptors (Lipinski definition) is 3. The fourth-order valence-electron chi connectivity index (χ4n) is 1.07. The number of nitrogens with one attached hydrogen (secondary N) is 2. The van der Waals surface area contributed by atoms with Gasteiger partial charge in [-0.05, 0) is 26.0 Å². The monoisotopic (exact) mass is 179 g/mol. The first-order valence-corrected chi connectivity index (χ1v) is 4.51. The van der Waals surface area contributed by atoms with E-state index < -0.39 is 0 Å². The van der Waals surface area contributed by atoms with Crippen molar-refractivity contribution in [1.29, 1.82) is 0 Å². The van der Waals surface area contributed by atoms with E-state index in [1.807, 2.05) is 37.3 Å². The highest BCUT2D eigenvalue weighted by atomic mass is 15.2. The number of para-hydroxylation sites is 1. The largest absolute Gasteiger partial charge is 0.381 e. The van der Waals surface area contributed by atoms with Gasteiger partial charge < -0.3 is 5.32 Å². The maximum Gasteiger partial charge on any atom is 0.0397 e. The molecule has 3 heteroatoms. The third kappa shape index (κ3) is 3.05. The van der Waals surface area contributed by atoms with Crippen LogP contribution in [0.4, 0.5) is 5.69 Å². The fraction of sp³-hybridized carbons (Fsp3) is 0.400. The molecule has 1 rings (SSSR count). The second kappa shape index (κ2) is 4.84. The number of hydrazine groups is 1. The molecule has 0 saturated heterocycles. The van der Waals surface area contributed by atoms with Crippen LogP contribution < -0.4 is 16.6 Å². The highest BCUT2D eigenvalue weighted by molar-refractivity contribution is 5.43. The molecular weight excluding hydrogens is 162 g/mol. The molecule has 13 heavy (non-hydrogen) atoms. The Kier molecular flexibility index (Phi) is 3.73. The lowest BCUT2D eigenvalue weighted by Gasteiger charge is -2.21. The van der Waals surface area contributed by atoms with Gasteiger partial charge >= 0.3 is 0 Å².